The Morgan fingerprint density at radius 2 is 1.69 bits per heavy atom. The average Bonchev–Trinajstić information content (AvgIpc) is 3.32. The van der Waals surface area contributed by atoms with Crippen molar-refractivity contribution in [3.05, 3.63) is 58.1 Å². The Morgan fingerprint density at radius 3 is 2.46 bits per heavy atom. The van der Waals surface area contributed by atoms with Gasteiger partial charge in [0.1, 0.15) is 0 Å². The number of benzene rings is 2. The van der Waals surface area contributed by atoms with Gasteiger partial charge in [0.05, 0.1) is 6.42 Å². The van der Waals surface area contributed by atoms with Gasteiger partial charge in [-0.25, -0.2) is 0 Å². The summed E-state index contributed by atoms with van der Waals surface area (Å²) in [6, 6.07) is 14.3. The Bertz CT molecular complexity index is 784. The number of ether oxygens (including phenoxy) is 2. The van der Waals surface area contributed by atoms with Crippen molar-refractivity contribution >= 4 is 21.8 Å². The molecule has 4 rings (SSSR count). The number of halogens is 1. The number of fused-ring (bicyclic) bond motifs is 1. The van der Waals surface area contributed by atoms with Crippen LogP contribution in [0, 0.1) is 0 Å². The summed E-state index contributed by atoms with van der Waals surface area (Å²) in [5, 5.41) is 0. The quantitative estimate of drug-likeness (QED) is 0.710. The van der Waals surface area contributed by atoms with Gasteiger partial charge >= 0.3 is 0 Å². The first kappa shape index (κ1) is 17.4. The predicted octanol–water partition coefficient (Wildman–Crippen LogP) is 4.69. The van der Waals surface area contributed by atoms with Crippen LogP contribution in [-0.4, -0.2) is 23.6 Å². The fraction of sp³-hybridized carbons (Fsp3) is 0.381. The lowest BCUT2D eigenvalue weighted by Gasteiger charge is -2.29. The number of rotatable bonds is 5. The minimum absolute atomic E-state index is 0.192. The number of hydrogen-bond donors (Lipinski definition) is 0. The maximum absolute atomic E-state index is 13.1. The number of nitrogens with zero attached hydrogens (tertiary/aromatic N) is 1. The summed E-state index contributed by atoms with van der Waals surface area (Å²) in [6.07, 6.45) is 5.03. The Labute approximate surface area is 162 Å². The van der Waals surface area contributed by atoms with Gasteiger partial charge in [0, 0.05) is 17.1 Å². The maximum atomic E-state index is 13.1. The minimum atomic E-state index is 0.192. The van der Waals surface area contributed by atoms with E-state index in [1.54, 1.807) is 0 Å². The van der Waals surface area contributed by atoms with Crippen molar-refractivity contribution in [2.24, 2.45) is 0 Å². The molecule has 0 bridgehead atoms. The second-order valence-electron chi connectivity index (χ2n) is 6.95. The number of hydrogen-bond acceptors (Lipinski definition) is 3. The van der Waals surface area contributed by atoms with Gasteiger partial charge in [0.15, 0.2) is 11.5 Å². The molecule has 0 aromatic heterocycles. The molecule has 136 valence electrons. The number of carbonyl (C=O) groups is 1. The standard InChI is InChI=1S/C21H22BrNO3/c22-17-8-5-15(6-9-17)12-21(24)23(18-3-1-2-4-18)13-16-7-10-19-20(11-16)26-14-25-19/h5-11,18H,1-4,12-14H2. The highest BCUT2D eigenvalue weighted by Crippen LogP contribution is 2.34. The van der Waals surface area contributed by atoms with E-state index in [1.807, 2.05) is 42.5 Å². The van der Waals surface area contributed by atoms with Crippen LogP contribution >= 0.6 is 15.9 Å². The normalized spacial score (nSPS) is 16.0. The van der Waals surface area contributed by atoms with Crippen molar-refractivity contribution < 1.29 is 14.3 Å². The molecule has 4 nitrogen and oxygen atoms in total. The van der Waals surface area contributed by atoms with Crippen LogP contribution in [0.25, 0.3) is 0 Å². The SMILES string of the molecule is O=C(Cc1ccc(Br)cc1)N(Cc1ccc2c(c1)OCO2)C1CCCC1. The summed E-state index contributed by atoms with van der Waals surface area (Å²) >= 11 is 3.45. The van der Waals surface area contributed by atoms with Crippen molar-refractivity contribution in [2.45, 2.75) is 44.7 Å². The molecule has 2 aromatic rings. The highest BCUT2D eigenvalue weighted by Gasteiger charge is 2.27. The second-order valence-corrected chi connectivity index (χ2v) is 7.87. The van der Waals surface area contributed by atoms with Crippen LogP contribution in [0.3, 0.4) is 0 Å². The Morgan fingerprint density at radius 1 is 1.00 bits per heavy atom. The number of carbonyl (C=O) groups excluding carboxylic acids is 1. The molecule has 0 unspecified atom stereocenters. The van der Waals surface area contributed by atoms with E-state index in [4.69, 9.17) is 9.47 Å². The zero-order chi connectivity index (χ0) is 17.9. The monoisotopic (exact) mass is 415 g/mol. The lowest BCUT2D eigenvalue weighted by Crippen LogP contribution is -2.39. The summed E-state index contributed by atoms with van der Waals surface area (Å²) in [4.78, 5) is 15.1. The van der Waals surface area contributed by atoms with Gasteiger partial charge in [-0.2, -0.15) is 0 Å². The van der Waals surface area contributed by atoms with Crippen LogP contribution in [0.1, 0.15) is 36.8 Å². The number of amides is 1. The third kappa shape index (κ3) is 3.88. The van der Waals surface area contributed by atoms with Gasteiger partial charge in [-0.3, -0.25) is 4.79 Å². The van der Waals surface area contributed by atoms with Gasteiger partial charge in [0.2, 0.25) is 12.7 Å². The smallest absolute Gasteiger partial charge is 0.231 e. The van der Waals surface area contributed by atoms with E-state index in [0.717, 1.165) is 39.9 Å². The molecule has 1 aliphatic heterocycles. The first-order valence-corrected chi connectivity index (χ1v) is 9.91. The van der Waals surface area contributed by atoms with Crippen molar-refractivity contribution in [3.8, 4) is 11.5 Å². The summed E-state index contributed by atoms with van der Waals surface area (Å²) in [6.45, 7) is 0.893. The van der Waals surface area contributed by atoms with Crippen LogP contribution < -0.4 is 9.47 Å². The van der Waals surface area contributed by atoms with E-state index in [-0.39, 0.29) is 12.7 Å². The zero-order valence-corrected chi connectivity index (χ0v) is 16.2. The molecule has 0 spiro atoms. The molecule has 1 aliphatic carbocycles. The van der Waals surface area contributed by atoms with E-state index >= 15 is 0 Å². The molecule has 1 saturated carbocycles. The molecule has 5 heteroatoms. The molecule has 0 N–H and O–H groups in total. The fourth-order valence-corrected chi connectivity index (χ4v) is 4.02. The molecule has 0 atom stereocenters. The molecule has 2 aromatic carbocycles. The van der Waals surface area contributed by atoms with E-state index in [0.29, 0.717) is 19.0 Å². The maximum Gasteiger partial charge on any atom is 0.231 e. The fourth-order valence-electron chi connectivity index (χ4n) is 3.75. The van der Waals surface area contributed by atoms with E-state index in [2.05, 4.69) is 20.8 Å². The highest BCUT2D eigenvalue weighted by atomic mass is 79.9. The average molecular weight is 416 g/mol. The largest absolute Gasteiger partial charge is 0.454 e. The Kier molecular flexibility index (Phi) is 5.16. The lowest BCUT2D eigenvalue weighted by molar-refractivity contribution is -0.133. The van der Waals surface area contributed by atoms with Gasteiger partial charge in [-0.15, -0.1) is 0 Å². The van der Waals surface area contributed by atoms with Crippen LogP contribution in [0.5, 0.6) is 11.5 Å². The summed E-state index contributed by atoms with van der Waals surface area (Å²) in [7, 11) is 0. The van der Waals surface area contributed by atoms with Crippen molar-refractivity contribution in [3.63, 3.8) is 0 Å². The van der Waals surface area contributed by atoms with Crippen LogP contribution in [0.2, 0.25) is 0 Å². The molecule has 1 amide bonds. The molecule has 2 aliphatic rings. The lowest BCUT2D eigenvalue weighted by atomic mass is 10.1. The summed E-state index contributed by atoms with van der Waals surface area (Å²) in [5.41, 5.74) is 2.14. The molecule has 26 heavy (non-hydrogen) atoms. The summed E-state index contributed by atoms with van der Waals surface area (Å²) in [5.74, 6) is 1.74. The first-order valence-electron chi connectivity index (χ1n) is 9.11. The van der Waals surface area contributed by atoms with Crippen molar-refractivity contribution in [1.29, 1.82) is 0 Å². The van der Waals surface area contributed by atoms with E-state index in [1.165, 1.54) is 12.8 Å². The van der Waals surface area contributed by atoms with E-state index < -0.39 is 0 Å². The minimum Gasteiger partial charge on any atom is -0.454 e. The van der Waals surface area contributed by atoms with Crippen LogP contribution in [0.15, 0.2) is 46.9 Å². The Hall–Kier alpha value is -2.01. The third-order valence-corrected chi connectivity index (χ3v) is 5.67. The third-order valence-electron chi connectivity index (χ3n) is 5.14. The topological polar surface area (TPSA) is 38.8 Å². The molecule has 0 radical (unpaired) electrons. The van der Waals surface area contributed by atoms with Gasteiger partial charge < -0.3 is 14.4 Å². The Balaban J connectivity index is 1.52. The molecular formula is C21H22BrNO3. The molecule has 1 fully saturated rings. The highest BCUT2D eigenvalue weighted by molar-refractivity contribution is 9.10. The molecular weight excluding hydrogens is 394 g/mol. The predicted molar refractivity (Wildman–Crippen MR) is 103 cm³/mol. The van der Waals surface area contributed by atoms with Gasteiger partial charge in [-0.1, -0.05) is 47.0 Å². The molecule has 0 saturated heterocycles. The van der Waals surface area contributed by atoms with Crippen LogP contribution in [-0.2, 0) is 17.8 Å². The van der Waals surface area contributed by atoms with Crippen molar-refractivity contribution in [1.82, 2.24) is 4.90 Å². The van der Waals surface area contributed by atoms with E-state index in [9.17, 15) is 4.79 Å². The molecule has 1 heterocycles. The van der Waals surface area contributed by atoms with Crippen molar-refractivity contribution in [2.75, 3.05) is 6.79 Å². The zero-order valence-electron chi connectivity index (χ0n) is 14.6. The van der Waals surface area contributed by atoms with Gasteiger partial charge in [-0.05, 0) is 48.2 Å². The van der Waals surface area contributed by atoms with Crippen LogP contribution in [0.4, 0.5) is 0 Å². The summed E-state index contributed by atoms with van der Waals surface area (Å²) < 4.78 is 11.9. The van der Waals surface area contributed by atoms with Gasteiger partial charge in [0.25, 0.3) is 0 Å². The second kappa shape index (κ2) is 7.70. The first-order chi connectivity index (χ1) is 12.7.